The van der Waals surface area contributed by atoms with Gasteiger partial charge in [0, 0.05) is 26.2 Å². The van der Waals surface area contributed by atoms with Crippen molar-refractivity contribution in [3.8, 4) is 5.75 Å². The number of para-hydroxylation sites is 1. The highest BCUT2D eigenvalue weighted by molar-refractivity contribution is 5.81. The van der Waals surface area contributed by atoms with E-state index >= 15 is 0 Å². The molecule has 1 aliphatic heterocycles. The van der Waals surface area contributed by atoms with Gasteiger partial charge in [-0.05, 0) is 31.9 Å². The zero-order valence-corrected chi connectivity index (χ0v) is 14.7. The van der Waals surface area contributed by atoms with Crippen molar-refractivity contribution in [2.45, 2.75) is 33.3 Å². The minimum atomic E-state index is -0.500. The topological polar surface area (TPSA) is 59.1 Å². The van der Waals surface area contributed by atoms with Crippen LogP contribution in [0.1, 0.15) is 25.8 Å². The van der Waals surface area contributed by atoms with Gasteiger partial charge in [-0.25, -0.2) is 4.79 Å². The van der Waals surface area contributed by atoms with Crippen LogP contribution >= 0.6 is 0 Å². The van der Waals surface area contributed by atoms with Gasteiger partial charge in [0.1, 0.15) is 5.75 Å². The molecule has 1 atom stereocenters. The van der Waals surface area contributed by atoms with E-state index in [4.69, 9.17) is 9.47 Å². The van der Waals surface area contributed by atoms with Crippen molar-refractivity contribution >= 4 is 12.0 Å². The van der Waals surface area contributed by atoms with Crippen molar-refractivity contribution in [3.05, 3.63) is 29.8 Å². The molecule has 1 saturated heterocycles. The Balaban J connectivity index is 1.93. The molecule has 1 fully saturated rings. The van der Waals surface area contributed by atoms with Crippen LogP contribution in [-0.2, 0) is 9.53 Å². The second-order valence-electron chi connectivity index (χ2n) is 5.79. The number of amides is 2. The number of rotatable bonds is 5. The number of carbonyl (C=O) groups is 2. The van der Waals surface area contributed by atoms with Crippen LogP contribution in [0.25, 0.3) is 0 Å². The summed E-state index contributed by atoms with van der Waals surface area (Å²) in [7, 11) is 0. The van der Waals surface area contributed by atoms with E-state index in [0.29, 0.717) is 39.2 Å². The monoisotopic (exact) mass is 334 g/mol. The molecule has 6 nitrogen and oxygen atoms in total. The second-order valence-corrected chi connectivity index (χ2v) is 5.79. The molecule has 0 aliphatic carbocycles. The summed E-state index contributed by atoms with van der Waals surface area (Å²) in [5.74, 6) is 0.715. The van der Waals surface area contributed by atoms with Gasteiger partial charge in [0.2, 0.25) is 0 Å². The molecule has 0 saturated carbocycles. The molecule has 0 radical (unpaired) electrons. The Kier molecular flexibility index (Phi) is 6.46. The lowest BCUT2D eigenvalue weighted by Crippen LogP contribution is -2.53. The van der Waals surface area contributed by atoms with E-state index in [1.807, 2.05) is 38.1 Å². The summed E-state index contributed by atoms with van der Waals surface area (Å²) in [5.41, 5.74) is 1.01. The molecule has 1 aromatic rings. The minimum absolute atomic E-state index is 0.0238. The fraction of sp³-hybridized carbons (Fsp3) is 0.556. The molecule has 1 aliphatic rings. The average molecular weight is 334 g/mol. The Morgan fingerprint density at radius 2 is 1.71 bits per heavy atom. The van der Waals surface area contributed by atoms with Crippen LogP contribution in [0.5, 0.6) is 5.75 Å². The Labute approximate surface area is 143 Å². The first-order valence-electron chi connectivity index (χ1n) is 8.49. The molecule has 2 amide bonds. The average Bonchev–Trinajstić information content (AvgIpc) is 2.61. The molecule has 1 heterocycles. The van der Waals surface area contributed by atoms with Crippen LogP contribution in [-0.4, -0.2) is 60.7 Å². The molecule has 0 unspecified atom stereocenters. The minimum Gasteiger partial charge on any atom is -0.480 e. The maximum Gasteiger partial charge on any atom is 0.409 e. The van der Waals surface area contributed by atoms with Crippen molar-refractivity contribution in [1.29, 1.82) is 0 Å². The molecule has 2 rings (SSSR count). The van der Waals surface area contributed by atoms with Crippen LogP contribution in [0.15, 0.2) is 24.3 Å². The maximum absolute atomic E-state index is 12.7. The predicted octanol–water partition coefficient (Wildman–Crippen LogP) is 2.45. The van der Waals surface area contributed by atoms with E-state index < -0.39 is 6.10 Å². The predicted molar refractivity (Wildman–Crippen MR) is 91.1 cm³/mol. The summed E-state index contributed by atoms with van der Waals surface area (Å²) in [6.07, 6.45) is -0.210. The standard InChI is InChI=1S/C18H26N2O4/c1-4-15(24-16-9-7-6-8-14(16)3)17(21)19-10-12-20(13-11-19)18(22)23-5-2/h6-9,15H,4-5,10-13H2,1-3H3/t15-/m1/s1. The zero-order chi connectivity index (χ0) is 17.5. The fourth-order valence-electron chi connectivity index (χ4n) is 2.68. The highest BCUT2D eigenvalue weighted by Gasteiger charge is 2.29. The van der Waals surface area contributed by atoms with Crippen LogP contribution in [0.3, 0.4) is 0 Å². The first-order chi connectivity index (χ1) is 11.6. The molecule has 0 bridgehead atoms. The third kappa shape index (κ3) is 4.40. The van der Waals surface area contributed by atoms with Crippen LogP contribution < -0.4 is 4.74 Å². The number of ether oxygens (including phenoxy) is 2. The molecule has 0 N–H and O–H groups in total. The van der Waals surface area contributed by atoms with Gasteiger partial charge in [0.25, 0.3) is 5.91 Å². The van der Waals surface area contributed by atoms with Gasteiger partial charge in [0.05, 0.1) is 6.61 Å². The highest BCUT2D eigenvalue weighted by atomic mass is 16.6. The van der Waals surface area contributed by atoms with E-state index in [-0.39, 0.29) is 12.0 Å². The van der Waals surface area contributed by atoms with Gasteiger partial charge in [-0.1, -0.05) is 25.1 Å². The number of piperazine rings is 1. The number of hydrogen-bond acceptors (Lipinski definition) is 4. The van der Waals surface area contributed by atoms with E-state index in [2.05, 4.69) is 0 Å². The number of aryl methyl sites for hydroxylation is 1. The molecule has 0 aromatic heterocycles. The van der Waals surface area contributed by atoms with Gasteiger partial charge < -0.3 is 19.3 Å². The van der Waals surface area contributed by atoms with E-state index in [1.54, 1.807) is 16.7 Å². The van der Waals surface area contributed by atoms with Gasteiger partial charge in [-0.15, -0.1) is 0 Å². The molecular formula is C18H26N2O4. The molecule has 1 aromatic carbocycles. The first-order valence-corrected chi connectivity index (χ1v) is 8.49. The Bertz CT molecular complexity index is 568. The molecule has 0 spiro atoms. The van der Waals surface area contributed by atoms with E-state index in [9.17, 15) is 9.59 Å². The van der Waals surface area contributed by atoms with E-state index in [0.717, 1.165) is 11.3 Å². The lowest BCUT2D eigenvalue weighted by molar-refractivity contribution is -0.140. The number of hydrogen-bond donors (Lipinski definition) is 0. The summed E-state index contributed by atoms with van der Waals surface area (Å²) >= 11 is 0. The summed E-state index contributed by atoms with van der Waals surface area (Å²) < 4.78 is 10.9. The smallest absolute Gasteiger partial charge is 0.409 e. The van der Waals surface area contributed by atoms with E-state index in [1.165, 1.54) is 0 Å². The Morgan fingerprint density at radius 3 is 2.29 bits per heavy atom. The maximum atomic E-state index is 12.7. The lowest BCUT2D eigenvalue weighted by Gasteiger charge is -2.35. The van der Waals surface area contributed by atoms with Crippen molar-refractivity contribution in [2.75, 3.05) is 32.8 Å². The zero-order valence-electron chi connectivity index (χ0n) is 14.7. The van der Waals surface area contributed by atoms with Gasteiger partial charge in [-0.3, -0.25) is 4.79 Å². The van der Waals surface area contributed by atoms with Crippen molar-refractivity contribution < 1.29 is 19.1 Å². The third-order valence-corrected chi connectivity index (χ3v) is 4.13. The second kappa shape index (κ2) is 8.57. The van der Waals surface area contributed by atoms with Crippen LogP contribution in [0.2, 0.25) is 0 Å². The van der Waals surface area contributed by atoms with Crippen LogP contribution in [0, 0.1) is 6.92 Å². The number of nitrogens with zero attached hydrogens (tertiary/aromatic N) is 2. The summed E-state index contributed by atoms with van der Waals surface area (Å²) in [5, 5.41) is 0. The normalized spacial score (nSPS) is 15.8. The molecular weight excluding hydrogens is 308 g/mol. The Hall–Kier alpha value is -2.24. The van der Waals surface area contributed by atoms with Gasteiger partial charge >= 0.3 is 6.09 Å². The molecule has 132 valence electrons. The molecule has 24 heavy (non-hydrogen) atoms. The first kappa shape index (κ1) is 18.1. The van der Waals surface area contributed by atoms with Gasteiger partial charge in [0.15, 0.2) is 6.10 Å². The summed E-state index contributed by atoms with van der Waals surface area (Å²) in [6, 6.07) is 7.69. The lowest BCUT2D eigenvalue weighted by atomic mass is 10.2. The van der Waals surface area contributed by atoms with Gasteiger partial charge in [-0.2, -0.15) is 0 Å². The summed E-state index contributed by atoms with van der Waals surface area (Å²) in [4.78, 5) is 27.8. The quantitative estimate of drug-likeness (QED) is 0.830. The SMILES string of the molecule is CCOC(=O)N1CCN(C(=O)[C@@H](CC)Oc2ccccc2C)CC1. The summed E-state index contributed by atoms with van der Waals surface area (Å²) in [6.45, 7) is 8.04. The van der Waals surface area contributed by atoms with Crippen molar-refractivity contribution in [2.24, 2.45) is 0 Å². The number of benzene rings is 1. The third-order valence-electron chi connectivity index (χ3n) is 4.13. The highest BCUT2D eigenvalue weighted by Crippen LogP contribution is 2.20. The van der Waals surface area contributed by atoms with Crippen molar-refractivity contribution in [3.63, 3.8) is 0 Å². The number of carbonyl (C=O) groups excluding carboxylic acids is 2. The van der Waals surface area contributed by atoms with Crippen molar-refractivity contribution in [1.82, 2.24) is 9.80 Å². The Morgan fingerprint density at radius 1 is 1.08 bits per heavy atom. The molecule has 6 heteroatoms. The fourth-order valence-corrected chi connectivity index (χ4v) is 2.68. The van der Waals surface area contributed by atoms with Crippen LogP contribution in [0.4, 0.5) is 4.79 Å². The largest absolute Gasteiger partial charge is 0.480 e.